The number of carbonyl (C=O) groups is 2. The van der Waals surface area contributed by atoms with Crippen LogP contribution in [-0.4, -0.2) is 26.3 Å². The third-order valence-electron chi connectivity index (χ3n) is 4.23. The van der Waals surface area contributed by atoms with E-state index in [4.69, 9.17) is 0 Å². The number of hydrazine groups is 1. The summed E-state index contributed by atoms with van der Waals surface area (Å²) in [4.78, 5) is 31.6. The molecule has 0 atom stereocenters. The molecular formula is C20H17N5O2. The summed E-state index contributed by atoms with van der Waals surface area (Å²) in [6.07, 6.45) is 1.63. The number of fused-ring (bicyclic) bond motifs is 1. The Bertz CT molecular complexity index is 1110. The molecule has 3 N–H and O–H groups in total. The van der Waals surface area contributed by atoms with Gasteiger partial charge in [0.15, 0.2) is 0 Å². The van der Waals surface area contributed by atoms with Crippen molar-refractivity contribution in [1.82, 2.24) is 25.4 Å². The van der Waals surface area contributed by atoms with Gasteiger partial charge < -0.3 is 4.98 Å². The van der Waals surface area contributed by atoms with Gasteiger partial charge in [-0.15, -0.1) is 0 Å². The van der Waals surface area contributed by atoms with Crippen LogP contribution in [0.3, 0.4) is 0 Å². The molecule has 2 aromatic heterocycles. The van der Waals surface area contributed by atoms with Crippen LogP contribution in [0, 0.1) is 6.92 Å². The van der Waals surface area contributed by atoms with Crippen LogP contribution in [0.4, 0.5) is 0 Å². The van der Waals surface area contributed by atoms with E-state index in [2.05, 4.69) is 20.8 Å². The number of hydrogen-bond donors (Lipinski definition) is 3. The van der Waals surface area contributed by atoms with Gasteiger partial charge in [-0.1, -0.05) is 18.2 Å². The zero-order valence-corrected chi connectivity index (χ0v) is 14.6. The van der Waals surface area contributed by atoms with Crippen molar-refractivity contribution < 1.29 is 9.59 Å². The van der Waals surface area contributed by atoms with E-state index in [1.807, 2.05) is 47.9 Å². The summed E-state index contributed by atoms with van der Waals surface area (Å²) in [5.41, 5.74) is 8.19. The van der Waals surface area contributed by atoms with Gasteiger partial charge in [-0.05, 0) is 49.4 Å². The Kier molecular flexibility index (Phi) is 4.18. The third-order valence-corrected chi connectivity index (χ3v) is 4.23. The Morgan fingerprint density at radius 1 is 0.963 bits per heavy atom. The van der Waals surface area contributed by atoms with Crippen molar-refractivity contribution >= 4 is 22.8 Å². The van der Waals surface area contributed by atoms with Crippen LogP contribution in [0.25, 0.3) is 16.7 Å². The molecule has 4 aromatic rings. The number of aryl methyl sites for hydroxylation is 1. The molecule has 2 aromatic carbocycles. The van der Waals surface area contributed by atoms with Crippen molar-refractivity contribution in [2.45, 2.75) is 6.92 Å². The Hall–Kier alpha value is -3.87. The maximum absolute atomic E-state index is 12.4. The van der Waals surface area contributed by atoms with Crippen LogP contribution < -0.4 is 10.9 Å². The third kappa shape index (κ3) is 3.18. The summed E-state index contributed by atoms with van der Waals surface area (Å²) in [5, 5.41) is 0. The summed E-state index contributed by atoms with van der Waals surface area (Å²) in [7, 11) is 0. The minimum absolute atomic E-state index is 0.364. The highest BCUT2D eigenvalue weighted by Gasteiger charge is 2.13. The molecule has 0 saturated carbocycles. The molecule has 134 valence electrons. The van der Waals surface area contributed by atoms with Crippen LogP contribution in [0.5, 0.6) is 0 Å². The second kappa shape index (κ2) is 6.80. The highest BCUT2D eigenvalue weighted by molar-refractivity contribution is 6.00. The highest BCUT2D eigenvalue weighted by Crippen LogP contribution is 2.22. The van der Waals surface area contributed by atoms with E-state index in [1.54, 1.807) is 30.5 Å². The lowest BCUT2D eigenvalue weighted by Gasteiger charge is -2.08. The fourth-order valence-electron chi connectivity index (χ4n) is 2.97. The molecule has 0 saturated heterocycles. The van der Waals surface area contributed by atoms with Crippen molar-refractivity contribution in [2.24, 2.45) is 0 Å². The van der Waals surface area contributed by atoms with Gasteiger partial charge in [-0.25, -0.2) is 4.98 Å². The van der Waals surface area contributed by atoms with Gasteiger partial charge in [-0.2, -0.15) is 0 Å². The first kappa shape index (κ1) is 16.6. The maximum Gasteiger partial charge on any atom is 0.286 e. The van der Waals surface area contributed by atoms with E-state index < -0.39 is 11.8 Å². The van der Waals surface area contributed by atoms with E-state index in [-0.39, 0.29) is 0 Å². The SMILES string of the molecule is Cc1nc2cc(C(=O)NNC(=O)c3ccc[nH]3)ccc2n1-c1ccccc1. The Labute approximate surface area is 155 Å². The number of carbonyl (C=O) groups excluding carboxylic acids is 2. The van der Waals surface area contributed by atoms with Crippen molar-refractivity contribution in [3.05, 3.63) is 83.9 Å². The molecule has 0 radical (unpaired) electrons. The van der Waals surface area contributed by atoms with E-state index in [0.717, 1.165) is 17.0 Å². The average Bonchev–Trinajstić information content (AvgIpc) is 3.33. The zero-order chi connectivity index (χ0) is 18.8. The van der Waals surface area contributed by atoms with Gasteiger partial charge in [0.1, 0.15) is 11.5 Å². The van der Waals surface area contributed by atoms with Gasteiger partial charge in [-0.3, -0.25) is 25.0 Å². The predicted molar refractivity (Wildman–Crippen MR) is 102 cm³/mol. The van der Waals surface area contributed by atoms with Crippen LogP contribution in [0.15, 0.2) is 66.9 Å². The van der Waals surface area contributed by atoms with Crippen LogP contribution >= 0.6 is 0 Å². The molecule has 0 unspecified atom stereocenters. The number of H-pyrrole nitrogens is 1. The first-order valence-corrected chi connectivity index (χ1v) is 8.42. The lowest BCUT2D eigenvalue weighted by atomic mass is 10.2. The quantitative estimate of drug-likeness (QED) is 0.491. The molecule has 2 heterocycles. The molecule has 4 rings (SSSR count). The summed E-state index contributed by atoms with van der Waals surface area (Å²) in [6, 6.07) is 18.5. The minimum atomic E-state index is -0.418. The molecule has 0 bridgehead atoms. The second-order valence-electron chi connectivity index (χ2n) is 6.03. The smallest absolute Gasteiger partial charge is 0.286 e. The number of nitrogens with zero attached hydrogens (tertiary/aromatic N) is 2. The molecule has 27 heavy (non-hydrogen) atoms. The van der Waals surface area contributed by atoms with Crippen LogP contribution in [0.1, 0.15) is 26.7 Å². The van der Waals surface area contributed by atoms with Gasteiger partial charge in [0.05, 0.1) is 11.0 Å². The fourth-order valence-corrected chi connectivity index (χ4v) is 2.97. The lowest BCUT2D eigenvalue weighted by Crippen LogP contribution is -2.41. The fraction of sp³-hybridized carbons (Fsp3) is 0.0500. The lowest BCUT2D eigenvalue weighted by molar-refractivity contribution is 0.0844. The molecule has 0 aliphatic heterocycles. The Morgan fingerprint density at radius 2 is 1.74 bits per heavy atom. The summed E-state index contributed by atoms with van der Waals surface area (Å²) in [5.74, 6) is -0.00356. The number of aromatic amines is 1. The van der Waals surface area contributed by atoms with Crippen molar-refractivity contribution in [2.75, 3.05) is 0 Å². The predicted octanol–water partition coefficient (Wildman–Crippen LogP) is 2.74. The van der Waals surface area contributed by atoms with Gasteiger partial charge in [0.2, 0.25) is 0 Å². The molecule has 7 heteroatoms. The zero-order valence-electron chi connectivity index (χ0n) is 14.6. The average molecular weight is 359 g/mol. The number of amides is 2. The van der Waals surface area contributed by atoms with E-state index in [1.165, 1.54) is 0 Å². The Morgan fingerprint density at radius 3 is 2.48 bits per heavy atom. The molecule has 0 fully saturated rings. The topological polar surface area (TPSA) is 91.8 Å². The molecule has 0 aliphatic carbocycles. The Balaban J connectivity index is 1.57. The normalized spacial score (nSPS) is 10.7. The van der Waals surface area contributed by atoms with E-state index in [9.17, 15) is 9.59 Å². The molecular weight excluding hydrogens is 342 g/mol. The standard InChI is InChI=1S/C20H17N5O2/c1-13-22-17-12-14(19(26)23-24-20(27)16-8-5-11-21-16)9-10-18(17)25(13)15-6-3-2-4-7-15/h2-12,21H,1H3,(H,23,26)(H,24,27). The molecule has 0 spiro atoms. The summed E-state index contributed by atoms with van der Waals surface area (Å²) in [6.45, 7) is 1.92. The van der Waals surface area contributed by atoms with Crippen molar-refractivity contribution in [3.63, 3.8) is 0 Å². The van der Waals surface area contributed by atoms with Gasteiger partial charge in [0.25, 0.3) is 11.8 Å². The summed E-state index contributed by atoms with van der Waals surface area (Å²) < 4.78 is 2.03. The van der Waals surface area contributed by atoms with Crippen molar-refractivity contribution in [3.8, 4) is 5.69 Å². The van der Waals surface area contributed by atoms with E-state index >= 15 is 0 Å². The van der Waals surface area contributed by atoms with E-state index in [0.29, 0.717) is 16.8 Å². The number of rotatable bonds is 3. The largest absolute Gasteiger partial charge is 0.357 e. The first-order valence-electron chi connectivity index (χ1n) is 8.42. The number of para-hydroxylation sites is 1. The number of nitrogens with one attached hydrogen (secondary N) is 3. The van der Waals surface area contributed by atoms with Gasteiger partial charge in [0, 0.05) is 17.4 Å². The minimum Gasteiger partial charge on any atom is -0.357 e. The number of imidazole rings is 1. The molecule has 0 aliphatic rings. The highest BCUT2D eigenvalue weighted by atomic mass is 16.2. The van der Waals surface area contributed by atoms with Crippen LogP contribution in [-0.2, 0) is 0 Å². The van der Waals surface area contributed by atoms with Gasteiger partial charge >= 0.3 is 0 Å². The molecule has 2 amide bonds. The summed E-state index contributed by atoms with van der Waals surface area (Å²) >= 11 is 0. The number of aromatic nitrogens is 3. The second-order valence-corrected chi connectivity index (χ2v) is 6.03. The maximum atomic E-state index is 12.4. The first-order chi connectivity index (χ1) is 13.1. The number of hydrogen-bond acceptors (Lipinski definition) is 3. The monoisotopic (exact) mass is 359 g/mol. The molecule has 7 nitrogen and oxygen atoms in total. The van der Waals surface area contributed by atoms with Crippen LogP contribution in [0.2, 0.25) is 0 Å². The van der Waals surface area contributed by atoms with Crippen molar-refractivity contribution in [1.29, 1.82) is 0 Å². The number of benzene rings is 2.